The minimum absolute atomic E-state index is 0.182. The fraction of sp³-hybridized carbons (Fsp3) is 0.211. The molecule has 6 heteroatoms. The predicted molar refractivity (Wildman–Crippen MR) is 94.0 cm³/mol. The van der Waals surface area contributed by atoms with E-state index in [2.05, 4.69) is 15.4 Å². The number of anilines is 1. The molecule has 0 aromatic heterocycles. The van der Waals surface area contributed by atoms with Crippen LogP contribution in [-0.2, 0) is 14.3 Å². The van der Waals surface area contributed by atoms with Crippen molar-refractivity contribution >= 4 is 23.5 Å². The first-order valence-electron chi connectivity index (χ1n) is 7.85. The monoisotopic (exact) mass is 340 g/mol. The first-order valence-corrected chi connectivity index (χ1v) is 7.85. The molecule has 0 fully saturated rings. The summed E-state index contributed by atoms with van der Waals surface area (Å²) in [7, 11) is 0. The van der Waals surface area contributed by atoms with Gasteiger partial charge < -0.3 is 15.4 Å². The van der Waals surface area contributed by atoms with E-state index in [1.807, 2.05) is 37.3 Å². The maximum absolute atomic E-state index is 12.5. The lowest BCUT2D eigenvalue weighted by Gasteiger charge is -2.16. The highest BCUT2D eigenvalue weighted by atomic mass is 16.5. The summed E-state index contributed by atoms with van der Waals surface area (Å²) in [6.07, 6.45) is 0. The van der Waals surface area contributed by atoms with Crippen molar-refractivity contribution in [2.45, 2.75) is 19.9 Å². The number of carbonyl (C=O) groups is 3. The zero-order valence-electron chi connectivity index (χ0n) is 14.1. The lowest BCUT2D eigenvalue weighted by atomic mass is 10.1. The molecule has 2 N–H and O–H groups in total. The average molecular weight is 340 g/mol. The molecule has 2 amide bonds. The van der Waals surface area contributed by atoms with E-state index in [-0.39, 0.29) is 11.9 Å². The Morgan fingerprint density at radius 2 is 1.64 bits per heavy atom. The van der Waals surface area contributed by atoms with Crippen LogP contribution in [0.2, 0.25) is 0 Å². The Kier molecular flexibility index (Phi) is 6.28. The quantitative estimate of drug-likeness (QED) is 0.792. The summed E-state index contributed by atoms with van der Waals surface area (Å²) in [6.45, 7) is 2.71. The van der Waals surface area contributed by atoms with Gasteiger partial charge in [-0.25, -0.2) is 0 Å². The van der Waals surface area contributed by atoms with Gasteiger partial charge in [-0.15, -0.1) is 0 Å². The maximum Gasteiger partial charge on any atom is 0.303 e. The topological polar surface area (TPSA) is 84.5 Å². The van der Waals surface area contributed by atoms with Crippen LogP contribution in [-0.4, -0.2) is 24.4 Å². The van der Waals surface area contributed by atoms with Gasteiger partial charge in [-0.1, -0.05) is 42.5 Å². The van der Waals surface area contributed by atoms with Gasteiger partial charge in [-0.05, 0) is 24.6 Å². The molecule has 0 unspecified atom stereocenters. The second-order valence-corrected chi connectivity index (χ2v) is 5.48. The molecule has 0 aliphatic heterocycles. The van der Waals surface area contributed by atoms with Gasteiger partial charge in [0.2, 0.25) is 0 Å². The van der Waals surface area contributed by atoms with Gasteiger partial charge in [0.05, 0.1) is 17.3 Å². The van der Waals surface area contributed by atoms with Crippen LogP contribution < -0.4 is 10.6 Å². The van der Waals surface area contributed by atoms with Crippen molar-refractivity contribution in [3.05, 3.63) is 65.7 Å². The molecule has 0 radical (unpaired) electrons. The molecule has 0 spiro atoms. The number of esters is 1. The smallest absolute Gasteiger partial charge is 0.303 e. The number of nitrogens with one attached hydrogen (secondary N) is 2. The van der Waals surface area contributed by atoms with E-state index in [1.165, 1.54) is 6.92 Å². The van der Waals surface area contributed by atoms with E-state index in [0.717, 1.165) is 5.56 Å². The van der Waals surface area contributed by atoms with Gasteiger partial charge in [-0.3, -0.25) is 14.4 Å². The Hall–Kier alpha value is -3.15. The van der Waals surface area contributed by atoms with Gasteiger partial charge in [0.25, 0.3) is 11.8 Å². The molecule has 0 saturated carbocycles. The van der Waals surface area contributed by atoms with Crippen LogP contribution >= 0.6 is 0 Å². The molecule has 0 aliphatic rings. The molecule has 2 aromatic carbocycles. The van der Waals surface area contributed by atoms with Crippen LogP contribution in [0.5, 0.6) is 0 Å². The molecular weight excluding hydrogens is 320 g/mol. The van der Waals surface area contributed by atoms with Crippen molar-refractivity contribution in [2.24, 2.45) is 0 Å². The van der Waals surface area contributed by atoms with Crippen LogP contribution in [0.1, 0.15) is 35.8 Å². The molecule has 130 valence electrons. The summed E-state index contributed by atoms with van der Waals surface area (Å²) >= 11 is 0. The number of hydrogen-bond donors (Lipinski definition) is 2. The molecule has 1 atom stereocenters. The van der Waals surface area contributed by atoms with Gasteiger partial charge in [0.15, 0.2) is 6.61 Å². The van der Waals surface area contributed by atoms with Crippen LogP contribution in [0.3, 0.4) is 0 Å². The van der Waals surface area contributed by atoms with Crippen molar-refractivity contribution < 1.29 is 19.1 Å². The molecule has 2 rings (SSSR count). The van der Waals surface area contributed by atoms with Crippen molar-refractivity contribution in [3.8, 4) is 0 Å². The minimum atomic E-state index is -0.544. The number of hydrogen-bond acceptors (Lipinski definition) is 4. The maximum atomic E-state index is 12.5. The molecule has 0 bridgehead atoms. The van der Waals surface area contributed by atoms with E-state index in [4.69, 9.17) is 0 Å². The molecule has 0 heterocycles. The summed E-state index contributed by atoms with van der Waals surface area (Å²) in [5.74, 6) is -1.36. The number of ether oxygens (including phenoxy) is 1. The summed E-state index contributed by atoms with van der Waals surface area (Å²) < 4.78 is 4.65. The number of amides is 2. The van der Waals surface area contributed by atoms with E-state index in [1.54, 1.807) is 24.3 Å². The lowest BCUT2D eigenvalue weighted by Crippen LogP contribution is -2.28. The van der Waals surface area contributed by atoms with E-state index < -0.39 is 18.5 Å². The second-order valence-electron chi connectivity index (χ2n) is 5.48. The summed E-state index contributed by atoms with van der Waals surface area (Å²) in [5.41, 5.74) is 1.67. The third kappa shape index (κ3) is 5.46. The normalized spacial score (nSPS) is 11.3. The SMILES string of the molecule is CC(=O)OCC(=O)Nc1ccccc1C(=O)N[C@@H](C)c1ccccc1. The molecule has 0 aliphatic carbocycles. The Morgan fingerprint density at radius 3 is 2.32 bits per heavy atom. The minimum Gasteiger partial charge on any atom is -0.456 e. The summed E-state index contributed by atoms with van der Waals surface area (Å²) in [4.78, 5) is 35.1. The highest BCUT2D eigenvalue weighted by molar-refractivity contribution is 6.04. The third-order valence-electron chi connectivity index (χ3n) is 3.50. The van der Waals surface area contributed by atoms with Gasteiger partial charge >= 0.3 is 5.97 Å². The Labute approximate surface area is 146 Å². The van der Waals surface area contributed by atoms with Crippen LogP contribution in [0.15, 0.2) is 54.6 Å². The average Bonchev–Trinajstić information content (AvgIpc) is 2.61. The predicted octanol–water partition coefficient (Wildman–Crippen LogP) is 2.68. The van der Waals surface area contributed by atoms with Crippen molar-refractivity contribution in [3.63, 3.8) is 0 Å². The second kappa shape index (κ2) is 8.63. The molecule has 6 nitrogen and oxygen atoms in total. The standard InChI is InChI=1S/C19H20N2O4/c1-13(15-8-4-3-5-9-15)20-19(24)16-10-6-7-11-17(16)21-18(23)12-25-14(2)22/h3-11,13H,12H2,1-2H3,(H,20,24)(H,21,23)/t13-/m0/s1. The van der Waals surface area contributed by atoms with E-state index in [0.29, 0.717) is 11.3 Å². The van der Waals surface area contributed by atoms with Crippen molar-refractivity contribution in [2.75, 3.05) is 11.9 Å². The van der Waals surface area contributed by atoms with Gasteiger partial charge in [0, 0.05) is 6.92 Å². The van der Waals surface area contributed by atoms with Crippen LogP contribution in [0, 0.1) is 0 Å². The molecule has 25 heavy (non-hydrogen) atoms. The van der Waals surface area contributed by atoms with E-state index in [9.17, 15) is 14.4 Å². The van der Waals surface area contributed by atoms with Crippen LogP contribution in [0.4, 0.5) is 5.69 Å². The lowest BCUT2D eigenvalue weighted by molar-refractivity contribution is -0.144. The van der Waals surface area contributed by atoms with E-state index >= 15 is 0 Å². The molecular formula is C19H20N2O4. The Balaban J connectivity index is 2.07. The van der Waals surface area contributed by atoms with Crippen molar-refractivity contribution in [1.82, 2.24) is 5.32 Å². The van der Waals surface area contributed by atoms with Crippen molar-refractivity contribution in [1.29, 1.82) is 0 Å². The first kappa shape index (κ1) is 18.2. The Morgan fingerprint density at radius 1 is 1.00 bits per heavy atom. The zero-order valence-corrected chi connectivity index (χ0v) is 14.1. The number of para-hydroxylation sites is 1. The molecule has 2 aromatic rings. The Bertz CT molecular complexity index is 759. The highest BCUT2D eigenvalue weighted by Crippen LogP contribution is 2.18. The number of rotatable bonds is 6. The largest absolute Gasteiger partial charge is 0.456 e. The number of carbonyl (C=O) groups excluding carboxylic acids is 3. The first-order chi connectivity index (χ1) is 12.0. The highest BCUT2D eigenvalue weighted by Gasteiger charge is 2.16. The number of benzene rings is 2. The fourth-order valence-electron chi connectivity index (χ4n) is 2.24. The fourth-order valence-corrected chi connectivity index (χ4v) is 2.24. The van der Waals surface area contributed by atoms with Gasteiger partial charge in [0.1, 0.15) is 0 Å². The summed E-state index contributed by atoms with van der Waals surface area (Å²) in [5, 5.41) is 5.48. The third-order valence-corrected chi connectivity index (χ3v) is 3.50. The van der Waals surface area contributed by atoms with Gasteiger partial charge in [-0.2, -0.15) is 0 Å². The zero-order chi connectivity index (χ0) is 18.2. The van der Waals surface area contributed by atoms with Crippen LogP contribution in [0.25, 0.3) is 0 Å². The summed E-state index contributed by atoms with van der Waals surface area (Å²) in [6, 6.07) is 16.0. The molecule has 0 saturated heterocycles.